The number of rotatable bonds is 34. The van der Waals surface area contributed by atoms with Crippen molar-refractivity contribution in [3.05, 3.63) is 94.5 Å². The smallest absolute Gasteiger partial charge is 0.335 e. The van der Waals surface area contributed by atoms with Gasteiger partial charge in [-0.25, -0.2) is 4.79 Å². The van der Waals surface area contributed by atoms with Crippen molar-refractivity contribution in [2.24, 2.45) is 9.98 Å². The van der Waals surface area contributed by atoms with Crippen molar-refractivity contribution in [3.8, 4) is 28.7 Å². The van der Waals surface area contributed by atoms with Crippen LogP contribution in [0.2, 0.25) is 0 Å². The summed E-state index contributed by atoms with van der Waals surface area (Å²) in [5.41, 5.74) is 5.80. The third kappa shape index (κ3) is 18.0. The van der Waals surface area contributed by atoms with Crippen LogP contribution in [0.25, 0.3) is 0 Å². The van der Waals surface area contributed by atoms with E-state index in [1.54, 1.807) is 36.0 Å². The Kier molecular flexibility index (Phi) is 23.7. The molecular formula is C63H81N7O15S. The topological polar surface area (TPSA) is 228 Å². The van der Waals surface area contributed by atoms with E-state index in [1.165, 1.54) is 25.4 Å². The Hall–Kier alpha value is -7.15. The molecule has 2 aromatic carbocycles. The number of benzene rings is 2. The molecule has 2 atom stereocenters. The van der Waals surface area contributed by atoms with Crippen LogP contribution in [0.5, 0.6) is 28.7 Å². The number of hydroxylamine groups is 2. The number of amides is 3. The molecule has 0 aliphatic carbocycles. The van der Waals surface area contributed by atoms with Crippen molar-refractivity contribution in [3.63, 3.8) is 0 Å². The number of aliphatic imine (C=N–C) groups is 2. The van der Waals surface area contributed by atoms with Gasteiger partial charge in [0.05, 0.1) is 124 Å². The lowest BCUT2D eigenvalue weighted by Gasteiger charge is -2.29. The Morgan fingerprint density at radius 1 is 0.686 bits per heavy atom. The summed E-state index contributed by atoms with van der Waals surface area (Å²) in [6, 6.07) is 10.2. The SMILES string of the molecule is C=C1CCC(=O)N1OC(=O)CCOCCOCCOCCOCCCC(=O)CSC(C)(C)CN(C)CCOc1cc(COc2cc3c(cc2OC)C(=O)N2C/C(=C/C)C[C@H]2C=N3)nc(COc2cc3c(cc2OC)C(=O)N2C/C(=C/C)C[C@H]2C=N3)c1. The number of carbonyl (C=O) groups is 5. The zero-order valence-corrected chi connectivity index (χ0v) is 51.4. The standard InChI is InChI=1S/C63H81N7O15S/c1-9-43-26-47-34-64-53-32-57(55(76-7)30-51(53)61(74)68(47)36-43)83-38-45-28-50(29-46(66-45)39-84-58-33-54-52(31-56(58)77-8)62(75)69-37-44(10-2)27-48(69)35-65-54)82-19-16-67(6)41-63(4,5)86-40-49(71)12-11-17-78-20-22-80-24-25-81-23-21-79-18-15-60(73)85-70-42(3)13-14-59(70)72/h9-10,28-35,47-48H,3,11-27,36-41H2,1-2,4-8H3/b43-9+,44-10+/t47-,48-/m0/s1. The molecule has 3 aromatic rings. The second kappa shape index (κ2) is 31.5. The van der Waals surface area contributed by atoms with Crippen LogP contribution in [-0.2, 0) is 51.4 Å². The van der Waals surface area contributed by atoms with E-state index in [9.17, 15) is 24.0 Å². The number of hydrogen-bond donors (Lipinski definition) is 0. The molecule has 8 rings (SSSR count). The van der Waals surface area contributed by atoms with E-state index in [2.05, 4.69) is 37.5 Å². The van der Waals surface area contributed by atoms with E-state index in [0.717, 1.165) is 17.9 Å². The van der Waals surface area contributed by atoms with Crippen LogP contribution in [0, 0.1) is 0 Å². The van der Waals surface area contributed by atoms with Gasteiger partial charge in [0.2, 0.25) is 0 Å². The van der Waals surface area contributed by atoms with E-state index in [-0.39, 0.29) is 73.0 Å². The highest BCUT2D eigenvalue weighted by atomic mass is 32.2. The summed E-state index contributed by atoms with van der Waals surface area (Å²) < 4.78 is 52.7. The molecule has 22 nitrogen and oxygen atoms in total. The number of allylic oxidation sites excluding steroid dienone is 3. The number of likely N-dealkylation sites (N-methyl/N-ethyl adjacent to an activating group) is 1. The minimum atomic E-state index is -0.559. The monoisotopic (exact) mass is 1210 g/mol. The number of ketones is 1. The number of hydrogen-bond acceptors (Lipinski definition) is 20. The van der Waals surface area contributed by atoms with Gasteiger partial charge in [0.25, 0.3) is 17.7 Å². The molecule has 3 fully saturated rings. The first-order valence-electron chi connectivity index (χ1n) is 29.2. The van der Waals surface area contributed by atoms with Crippen molar-refractivity contribution in [1.82, 2.24) is 24.7 Å². The lowest BCUT2D eigenvalue weighted by molar-refractivity contribution is -0.187. The largest absolute Gasteiger partial charge is 0.493 e. The van der Waals surface area contributed by atoms with E-state index in [4.69, 9.17) is 62.4 Å². The maximum atomic E-state index is 13.8. The molecule has 3 saturated heterocycles. The number of carbonyl (C=O) groups excluding carboxylic acids is 5. The first-order valence-corrected chi connectivity index (χ1v) is 30.2. The first kappa shape index (κ1) is 64.8. The predicted octanol–water partition coefficient (Wildman–Crippen LogP) is 8.23. The predicted molar refractivity (Wildman–Crippen MR) is 325 cm³/mol. The van der Waals surface area contributed by atoms with Crippen molar-refractivity contribution in [2.75, 3.05) is 113 Å². The van der Waals surface area contributed by atoms with Gasteiger partial charge >= 0.3 is 5.97 Å². The van der Waals surface area contributed by atoms with Gasteiger partial charge in [-0.05, 0) is 72.6 Å². The second-order valence-corrected chi connectivity index (χ2v) is 23.6. The van der Waals surface area contributed by atoms with Gasteiger partial charge in [0.15, 0.2) is 23.0 Å². The van der Waals surface area contributed by atoms with Gasteiger partial charge in [-0.2, -0.15) is 0 Å². The minimum absolute atomic E-state index is 0.00937. The van der Waals surface area contributed by atoms with E-state index < -0.39 is 5.97 Å². The second-order valence-electron chi connectivity index (χ2n) is 22.0. The number of methoxy groups -OCH3 is 2. The molecular weight excluding hydrogens is 1130 g/mol. The van der Waals surface area contributed by atoms with Gasteiger partial charge in [0, 0.05) is 87.1 Å². The molecule has 23 heteroatoms. The Balaban J connectivity index is 0.779. The van der Waals surface area contributed by atoms with Crippen LogP contribution in [0.15, 0.2) is 82.0 Å². The van der Waals surface area contributed by atoms with Crippen molar-refractivity contribution < 1.29 is 71.4 Å². The zero-order valence-electron chi connectivity index (χ0n) is 50.6. The van der Waals surface area contributed by atoms with Gasteiger partial charge < -0.3 is 62.2 Å². The maximum Gasteiger partial charge on any atom is 0.335 e. The zero-order chi connectivity index (χ0) is 61.2. The average molecular weight is 1210 g/mol. The summed E-state index contributed by atoms with van der Waals surface area (Å²) in [6.07, 6.45) is 11.1. The summed E-state index contributed by atoms with van der Waals surface area (Å²) in [4.78, 5) is 89.4. The van der Waals surface area contributed by atoms with Gasteiger partial charge in [-0.3, -0.25) is 34.1 Å². The summed E-state index contributed by atoms with van der Waals surface area (Å²) in [5, 5.41) is 0.957. The van der Waals surface area contributed by atoms with Crippen LogP contribution in [0.1, 0.15) is 105 Å². The lowest BCUT2D eigenvalue weighted by atomic mass is 10.1. The fraction of sp³-hybridized carbons (Fsp3) is 0.524. The van der Waals surface area contributed by atoms with Gasteiger partial charge in [0.1, 0.15) is 31.4 Å². The van der Waals surface area contributed by atoms with E-state index in [0.29, 0.717) is 172 Å². The Morgan fingerprint density at radius 3 is 1.71 bits per heavy atom. The Morgan fingerprint density at radius 2 is 1.21 bits per heavy atom. The molecule has 0 saturated carbocycles. The summed E-state index contributed by atoms with van der Waals surface area (Å²) >= 11 is 1.62. The van der Waals surface area contributed by atoms with Crippen molar-refractivity contribution in [2.45, 2.75) is 103 Å². The molecule has 0 unspecified atom stereocenters. The van der Waals surface area contributed by atoms with Gasteiger partial charge in [-0.15, -0.1) is 16.8 Å². The molecule has 464 valence electrons. The van der Waals surface area contributed by atoms with E-state index in [1.807, 2.05) is 55.3 Å². The summed E-state index contributed by atoms with van der Waals surface area (Å²) in [6.45, 7) is 17.5. The maximum absolute atomic E-state index is 13.8. The number of aromatic nitrogens is 1. The normalized spacial score (nSPS) is 18.2. The fourth-order valence-corrected chi connectivity index (χ4v) is 11.3. The third-order valence-corrected chi connectivity index (χ3v) is 16.3. The molecule has 6 heterocycles. The number of ether oxygens (including phenoxy) is 9. The first-order chi connectivity index (χ1) is 41.5. The minimum Gasteiger partial charge on any atom is -0.493 e. The van der Waals surface area contributed by atoms with Crippen LogP contribution >= 0.6 is 11.8 Å². The Labute approximate surface area is 507 Å². The van der Waals surface area contributed by atoms with E-state index >= 15 is 0 Å². The highest BCUT2D eigenvalue weighted by Crippen LogP contribution is 2.41. The van der Waals surface area contributed by atoms with Crippen LogP contribution in [0.4, 0.5) is 11.4 Å². The fourth-order valence-electron chi connectivity index (χ4n) is 10.3. The number of thioether (sulfide) groups is 1. The highest BCUT2D eigenvalue weighted by molar-refractivity contribution is 8.01. The number of pyridine rings is 1. The molecule has 86 heavy (non-hydrogen) atoms. The summed E-state index contributed by atoms with van der Waals surface area (Å²) in [7, 11) is 5.09. The van der Waals surface area contributed by atoms with Crippen molar-refractivity contribution >= 4 is 65.0 Å². The van der Waals surface area contributed by atoms with Crippen molar-refractivity contribution in [1.29, 1.82) is 0 Å². The Bertz CT molecular complexity index is 2900. The highest BCUT2D eigenvalue weighted by Gasteiger charge is 2.37. The van der Waals surface area contributed by atoms with Crippen LogP contribution in [-0.4, -0.2) is 196 Å². The molecule has 0 bridgehead atoms. The molecule has 0 spiro atoms. The number of fused-ring (bicyclic) bond motifs is 4. The number of nitrogens with zero attached hydrogens (tertiary/aromatic N) is 7. The van der Waals surface area contributed by atoms with Crippen LogP contribution < -0.4 is 23.7 Å². The average Bonchev–Trinajstić information content (AvgIpc) is 4.02. The molecule has 0 N–H and O–H groups in total. The molecule has 0 radical (unpaired) electrons. The third-order valence-electron chi connectivity index (χ3n) is 14.9. The lowest BCUT2D eigenvalue weighted by Crippen LogP contribution is -2.37. The van der Waals surface area contributed by atoms with Crippen LogP contribution in [0.3, 0.4) is 0 Å². The molecule has 1 aromatic heterocycles. The molecule has 5 aliphatic rings. The number of Topliss-reactive ketones (excluding diaryl/α,β-unsaturated/α-hetero) is 1. The van der Waals surface area contributed by atoms with Gasteiger partial charge in [-0.1, -0.05) is 29.9 Å². The molecule has 3 amide bonds. The quantitative estimate of drug-likeness (QED) is 0.0405. The summed E-state index contributed by atoms with van der Waals surface area (Å²) in [5.74, 6) is 1.58. The molecule has 5 aliphatic heterocycles.